The van der Waals surface area contributed by atoms with E-state index in [-0.39, 0.29) is 18.1 Å². The van der Waals surface area contributed by atoms with E-state index in [4.69, 9.17) is 21.6 Å². The van der Waals surface area contributed by atoms with E-state index in [0.717, 1.165) is 12.5 Å². The fourth-order valence-electron chi connectivity index (χ4n) is 3.23. The van der Waals surface area contributed by atoms with Crippen molar-refractivity contribution in [3.05, 3.63) is 59.7 Å². The summed E-state index contributed by atoms with van der Waals surface area (Å²) in [6, 6.07) is 14.7. The van der Waals surface area contributed by atoms with E-state index < -0.39 is 42.2 Å². The molecule has 0 fully saturated rings. The lowest BCUT2D eigenvalue weighted by molar-refractivity contribution is -0.160. The van der Waals surface area contributed by atoms with Gasteiger partial charge < -0.3 is 20.1 Å². The van der Waals surface area contributed by atoms with E-state index in [0.29, 0.717) is 11.3 Å². The van der Waals surface area contributed by atoms with Gasteiger partial charge in [-0.3, -0.25) is 19.2 Å². The Morgan fingerprint density at radius 3 is 2.24 bits per heavy atom. The summed E-state index contributed by atoms with van der Waals surface area (Å²) >= 11 is 5.89. The molecule has 0 radical (unpaired) electrons. The van der Waals surface area contributed by atoms with Crippen LogP contribution in [0.2, 0.25) is 0 Å². The number of ether oxygens (including phenoxy) is 1. The lowest BCUT2D eigenvalue weighted by Crippen LogP contribution is -2.48. The van der Waals surface area contributed by atoms with Gasteiger partial charge in [-0.2, -0.15) is 5.26 Å². The number of esters is 1. The highest BCUT2D eigenvalue weighted by Gasteiger charge is 2.40. The Bertz CT molecular complexity index is 1080. The molecule has 34 heavy (non-hydrogen) atoms. The van der Waals surface area contributed by atoms with Gasteiger partial charge in [0.15, 0.2) is 6.10 Å². The number of rotatable bonds is 10. The average Bonchev–Trinajstić information content (AvgIpc) is 2.80. The van der Waals surface area contributed by atoms with Gasteiger partial charge in [0, 0.05) is 30.7 Å². The normalized spacial score (nSPS) is 12.1. The molecule has 2 aromatic carbocycles. The number of aryl methyl sites for hydroxylation is 1. The van der Waals surface area contributed by atoms with Crippen molar-refractivity contribution in [3.63, 3.8) is 0 Å². The van der Waals surface area contributed by atoms with Crippen LogP contribution in [0.1, 0.15) is 24.5 Å². The molecule has 9 nitrogen and oxygen atoms in total. The fraction of sp³-hybridized carbons (Fsp3) is 0.292. The zero-order chi connectivity index (χ0) is 25.3. The van der Waals surface area contributed by atoms with E-state index in [1.165, 1.54) is 29.2 Å². The number of alkyl halides is 1. The molecule has 0 saturated heterocycles. The molecule has 2 rings (SSSR count). The average molecular weight is 486 g/mol. The molecule has 0 aliphatic heterocycles. The van der Waals surface area contributed by atoms with Crippen LogP contribution >= 0.6 is 11.6 Å². The highest BCUT2D eigenvalue weighted by Crippen LogP contribution is 2.24. The van der Waals surface area contributed by atoms with Crippen molar-refractivity contribution in [1.29, 1.82) is 5.26 Å². The molecule has 2 amide bonds. The summed E-state index contributed by atoms with van der Waals surface area (Å²) in [4.78, 5) is 51.2. The molecule has 2 atom stereocenters. The maximum absolute atomic E-state index is 13.5. The predicted molar refractivity (Wildman–Crippen MR) is 125 cm³/mol. The standard InChI is InChI=1S/C24H24ClN3O6/c1-15-3-9-19(10-4-15)28(12-11-25)24(33)20(13-21(30)31)22(34-16(2)29)23(32)27-18-7-5-17(14-26)6-8-18/h3-10,20,22H,11-13H2,1-2H3,(H,27,32)(H,30,31)/t20-,22-/m1/s1. The van der Waals surface area contributed by atoms with Crippen molar-refractivity contribution in [2.45, 2.75) is 26.4 Å². The summed E-state index contributed by atoms with van der Waals surface area (Å²) in [5.41, 5.74) is 2.05. The summed E-state index contributed by atoms with van der Waals surface area (Å²) in [6.45, 7) is 2.97. The van der Waals surface area contributed by atoms with Crippen LogP contribution in [0, 0.1) is 24.2 Å². The van der Waals surface area contributed by atoms with Crippen LogP contribution in [0.5, 0.6) is 0 Å². The Labute approximate surface area is 201 Å². The highest BCUT2D eigenvalue weighted by molar-refractivity contribution is 6.18. The SMILES string of the molecule is CC(=O)O[C@@H](C(=O)Nc1ccc(C#N)cc1)[C@@H](CC(=O)O)C(=O)N(CCCl)c1ccc(C)cc1. The molecule has 0 heterocycles. The number of carbonyl (C=O) groups excluding carboxylic acids is 3. The Balaban J connectivity index is 2.43. The summed E-state index contributed by atoms with van der Waals surface area (Å²) in [5, 5.41) is 20.9. The molecule has 2 aromatic rings. The van der Waals surface area contributed by atoms with Crippen LogP contribution in [0.25, 0.3) is 0 Å². The Morgan fingerprint density at radius 2 is 1.74 bits per heavy atom. The van der Waals surface area contributed by atoms with Crippen molar-refractivity contribution >= 4 is 46.7 Å². The van der Waals surface area contributed by atoms with Gasteiger partial charge >= 0.3 is 11.9 Å². The second kappa shape index (κ2) is 12.4. The van der Waals surface area contributed by atoms with E-state index >= 15 is 0 Å². The van der Waals surface area contributed by atoms with E-state index in [1.807, 2.05) is 13.0 Å². The zero-order valence-corrected chi connectivity index (χ0v) is 19.4. The van der Waals surface area contributed by atoms with Gasteiger partial charge in [-0.15, -0.1) is 11.6 Å². The number of benzene rings is 2. The van der Waals surface area contributed by atoms with Crippen LogP contribution in [0.15, 0.2) is 48.5 Å². The van der Waals surface area contributed by atoms with Crippen LogP contribution in [-0.2, 0) is 23.9 Å². The molecule has 0 aliphatic carbocycles. The van der Waals surface area contributed by atoms with E-state index in [1.54, 1.807) is 24.3 Å². The number of anilines is 2. The lowest BCUT2D eigenvalue weighted by Gasteiger charge is -2.30. The van der Waals surface area contributed by atoms with E-state index in [9.17, 15) is 24.3 Å². The number of carboxylic acids is 1. The summed E-state index contributed by atoms with van der Waals surface area (Å²) in [7, 11) is 0. The summed E-state index contributed by atoms with van der Waals surface area (Å²) in [5.74, 6) is -5.29. The second-order valence-electron chi connectivity index (χ2n) is 7.43. The molecule has 0 aromatic heterocycles. The van der Waals surface area contributed by atoms with Gasteiger partial charge in [-0.1, -0.05) is 17.7 Å². The van der Waals surface area contributed by atoms with E-state index in [2.05, 4.69) is 5.32 Å². The van der Waals surface area contributed by atoms with Crippen molar-refractivity contribution in [1.82, 2.24) is 0 Å². The molecule has 0 bridgehead atoms. The predicted octanol–water partition coefficient (Wildman–Crippen LogP) is 3.10. The zero-order valence-electron chi connectivity index (χ0n) is 18.7. The smallest absolute Gasteiger partial charge is 0.304 e. The Hall–Kier alpha value is -3.90. The summed E-state index contributed by atoms with van der Waals surface area (Å²) < 4.78 is 5.15. The molecule has 2 N–H and O–H groups in total. The first-order chi connectivity index (χ1) is 16.2. The minimum atomic E-state index is -1.72. The maximum Gasteiger partial charge on any atom is 0.304 e. The number of hydrogen-bond acceptors (Lipinski definition) is 6. The highest BCUT2D eigenvalue weighted by atomic mass is 35.5. The minimum absolute atomic E-state index is 0.0452. The number of amides is 2. The van der Waals surface area contributed by atoms with Crippen molar-refractivity contribution in [3.8, 4) is 6.07 Å². The minimum Gasteiger partial charge on any atom is -0.481 e. The van der Waals surface area contributed by atoms with Crippen LogP contribution < -0.4 is 10.2 Å². The van der Waals surface area contributed by atoms with Gasteiger partial charge in [0.25, 0.3) is 5.91 Å². The molecule has 178 valence electrons. The number of nitriles is 1. The van der Waals surface area contributed by atoms with Gasteiger partial charge in [-0.25, -0.2) is 0 Å². The maximum atomic E-state index is 13.5. The lowest BCUT2D eigenvalue weighted by atomic mass is 9.95. The number of carbonyl (C=O) groups is 4. The topological polar surface area (TPSA) is 137 Å². The number of halogens is 1. The summed E-state index contributed by atoms with van der Waals surface area (Å²) in [6.07, 6.45) is -2.48. The molecular weight excluding hydrogens is 462 g/mol. The van der Waals surface area contributed by atoms with Gasteiger partial charge in [0.2, 0.25) is 5.91 Å². The van der Waals surface area contributed by atoms with Crippen LogP contribution in [-0.4, -0.2) is 47.4 Å². The van der Waals surface area contributed by atoms with Gasteiger partial charge in [0.05, 0.1) is 24.0 Å². The third-order valence-electron chi connectivity index (χ3n) is 4.83. The molecular formula is C24H24ClN3O6. The molecule has 10 heteroatoms. The van der Waals surface area contributed by atoms with Gasteiger partial charge in [0.1, 0.15) is 0 Å². The molecule has 0 aliphatic rings. The second-order valence-corrected chi connectivity index (χ2v) is 7.81. The van der Waals surface area contributed by atoms with Crippen LogP contribution in [0.3, 0.4) is 0 Å². The number of nitrogens with zero attached hydrogens (tertiary/aromatic N) is 2. The first-order valence-corrected chi connectivity index (χ1v) is 10.8. The van der Waals surface area contributed by atoms with Crippen molar-refractivity contribution in [2.24, 2.45) is 5.92 Å². The quantitative estimate of drug-likeness (QED) is 0.389. The first-order valence-electron chi connectivity index (χ1n) is 10.3. The Kier molecular flexibility index (Phi) is 9.59. The third-order valence-corrected chi connectivity index (χ3v) is 5.00. The monoisotopic (exact) mass is 485 g/mol. The fourth-order valence-corrected chi connectivity index (χ4v) is 3.40. The molecule has 0 saturated carbocycles. The number of carboxylic acid groups (broad SMARTS) is 1. The largest absolute Gasteiger partial charge is 0.481 e. The Morgan fingerprint density at radius 1 is 1.12 bits per heavy atom. The van der Waals surface area contributed by atoms with Gasteiger partial charge in [-0.05, 0) is 43.3 Å². The number of hydrogen-bond donors (Lipinski definition) is 2. The van der Waals surface area contributed by atoms with Crippen LogP contribution in [0.4, 0.5) is 11.4 Å². The molecule has 0 unspecified atom stereocenters. The first kappa shape index (κ1) is 26.4. The van der Waals surface area contributed by atoms with Crippen molar-refractivity contribution < 1.29 is 29.0 Å². The number of aliphatic carboxylic acids is 1. The molecule has 0 spiro atoms. The number of nitrogens with one attached hydrogen (secondary N) is 1. The van der Waals surface area contributed by atoms with Crippen molar-refractivity contribution in [2.75, 3.05) is 22.6 Å². The third kappa shape index (κ3) is 7.32.